The summed E-state index contributed by atoms with van der Waals surface area (Å²) in [6, 6.07) is 19.2. The van der Waals surface area contributed by atoms with Gasteiger partial charge < -0.3 is 19.4 Å². The van der Waals surface area contributed by atoms with Gasteiger partial charge in [-0.2, -0.15) is 0 Å². The maximum Gasteiger partial charge on any atom is 0.307 e. The lowest BCUT2D eigenvalue weighted by molar-refractivity contribution is -0.140. The first-order chi connectivity index (χ1) is 14.2. The molecule has 3 aromatic rings. The molecular weight excluding hydrogens is 386 g/mol. The monoisotopic (exact) mass is 407 g/mol. The van der Waals surface area contributed by atoms with E-state index in [0.29, 0.717) is 11.7 Å². The molecule has 0 bridgehead atoms. The number of carbonyl (C=O) groups excluding carboxylic acids is 1. The smallest absolute Gasteiger partial charge is 0.307 e. The molecule has 148 valence electrons. The van der Waals surface area contributed by atoms with E-state index < -0.39 is 0 Å². The molecule has 1 N–H and O–H groups in total. The third-order valence-electron chi connectivity index (χ3n) is 4.96. The highest BCUT2D eigenvalue weighted by Gasteiger charge is 2.41. The van der Waals surface area contributed by atoms with Gasteiger partial charge in [-0.1, -0.05) is 36.4 Å². The maximum absolute atomic E-state index is 11.7. The number of thiocarbonyl (C=S) groups is 1. The molecule has 29 heavy (non-hydrogen) atoms. The van der Waals surface area contributed by atoms with Gasteiger partial charge in [0, 0.05) is 18.3 Å². The maximum atomic E-state index is 11.7. The van der Waals surface area contributed by atoms with Crippen LogP contribution < -0.4 is 5.32 Å². The van der Waals surface area contributed by atoms with E-state index in [9.17, 15) is 4.79 Å². The number of esters is 1. The summed E-state index contributed by atoms with van der Waals surface area (Å²) in [7, 11) is 1.38. The van der Waals surface area contributed by atoms with Gasteiger partial charge in [-0.25, -0.2) is 0 Å². The Kier molecular flexibility index (Phi) is 5.57. The minimum absolute atomic E-state index is 0.184. The fraction of sp³-hybridized carbons (Fsp3) is 0.227. The number of ether oxygens (including phenoxy) is 1. The number of aromatic nitrogens is 1. The Morgan fingerprint density at radius 2 is 1.97 bits per heavy atom. The first-order valence-electron chi connectivity index (χ1n) is 9.37. The van der Waals surface area contributed by atoms with E-state index >= 15 is 0 Å². The Labute approximate surface area is 174 Å². The number of methoxy groups -OCH3 is 1. The van der Waals surface area contributed by atoms with E-state index in [1.165, 1.54) is 7.11 Å². The molecule has 7 heteroatoms. The minimum atomic E-state index is -0.280. The van der Waals surface area contributed by atoms with Gasteiger partial charge in [0.1, 0.15) is 17.6 Å². The highest BCUT2D eigenvalue weighted by Crippen LogP contribution is 2.40. The van der Waals surface area contributed by atoms with Crippen LogP contribution in [0.15, 0.2) is 71.3 Å². The predicted molar refractivity (Wildman–Crippen MR) is 113 cm³/mol. The SMILES string of the molecule is COC(=O)CCN1C(=S)N[C@@H](c2ccccn2)[C@@H]1c1ccc(-c2ccccc2)o1. The van der Waals surface area contributed by atoms with E-state index in [2.05, 4.69) is 10.3 Å². The Bertz CT molecular complexity index is 991. The summed E-state index contributed by atoms with van der Waals surface area (Å²) < 4.78 is 11.0. The van der Waals surface area contributed by atoms with Crippen molar-refractivity contribution in [2.75, 3.05) is 13.7 Å². The lowest BCUT2D eigenvalue weighted by atomic mass is 10.0. The first-order valence-corrected chi connectivity index (χ1v) is 9.78. The number of carbonyl (C=O) groups is 1. The third kappa shape index (κ3) is 4.00. The van der Waals surface area contributed by atoms with Crippen molar-refractivity contribution >= 4 is 23.3 Å². The van der Waals surface area contributed by atoms with Crippen LogP contribution in [0.2, 0.25) is 0 Å². The number of benzene rings is 1. The average Bonchev–Trinajstić information content (AvgIpc) is 3.38. The fourth-order valence-corrected chi connectivity index (χ4v) is 3.87. The largest absolute Gasteiger partial charge is 0.469 e. The van der Waals surface area contributed by atoms with Crippen LogP contribution in [0.5, 0.6) is 0 Å². The second kappa shape index (κ2) is 8.45. The molecule has 3 heterocycles. The standard InChI is InChI=1S/C22H21N3O3S/c1-27-19(26)12-14-25-21(20(24-22(25)29)16-9-5-6-13-23-16)18-11-10-17(28-18)15-7-3-2-4-8-15/h2-11,13,20-21H,12,14H2,1H3,(H,24,29)/t20-,21-/m0/s1. The van der Waals surface area contributed by atoms with Crippen LogP contribution >= 0.6 is 12.2 Å². The molecule has 0 aliphatic carbocycles. The summed E-state index contributed by atoms with van der Waals surface area (Å²) in [6.45, 7) is 0.424. The molecule has 2 aromatic heterocycles. The Morgan fingerprint density at radius 3 is 2.69 bits per heavy atom. The molecule has 4 rings (SSSR count). The predicted octanol–water partition coefficient (Wildman–Crippen LogP) is 3.88. The quantitative estimate of drug-likeness (QED) is 0.491. The van der Waals surface area contributed by atoms with E-state index in [4.69, 9.17) is 21.4 Å². The summed E-state index contributed by atoms with van der Waals surface area (Å²) in [6.07, 6.45) is 1.99. The molecule has 1 aliphatic heterocycles. The van der Waals surface area contributed by atoms with Gasteiger partial charge in [0.15, 0.2) is 5.11 Å². The number of nitrogens with one attached hydrogen (secondary N) is 1. The second-order valence-corrected chi connectivity index (χ2v) is 7.10. The van der Waals surface area contributed by atoms with Crippen molar-refractivity contribution in [3.63, 3.8) is 0 Å². The summed E-state index contributed by atoms with van der Waals surface area (Å²) >= 11 is 5.58. The van der Waals surface area contributed by atoms with Crippen LogP contribution in [0, 0.1) is 0 Å². The number of hydrogen-bond donors (Lipinski definition) is 1. The molecule has 1 aliphatic rings. The molecule has 1 fully saturated rings. The average molecular weight is 407 g/mol. The number of furan rings is 1. The summed E-state index contributed by atoms with van der Waals surface area (Å²) in [5.41, 5.74) is 1.86. The second-order valence-electron chi connectivity index (χ2n) is 6.71. The summed E-state index contributed by atoms with van der Waals surface area (Å²) in [4.78, 5) is 18.2. The number of rotatable bonds is 6. The van der Waals surface area contributed by atoms with Crippen LogP contribution in [0.25, 0.3) is 11.3 Å². The van der Waals surface area contributed by atoms with Crippen LogP contribution in [0.1, 0.15) is 30.0 Å². The molecule has 1 saturated heterocycles. The zero-order valence-corrected chi connectivity index (χ0v) is 16.8. The summed E-state index contributed by atoms with van der Waals surface area (Å²) in [5, 5.41) is 3.90. The van der Waals surface area contributed by atoms with Crippen LogP contribution in [-0.4, -0.2) is 34.6 Å². The molecule has 0 radical (unpaired) electrons. The number of pyridine rings is 1. The van der Waals surface area contributed by atoms with Crippen molar-refractivity contribution in [3.8, 4) is 11.3 Å². The molecule has 0 spiro atoms. The molecule has 6 nitrogen and oxygen atoms in total. The van der Waals surface area contributed by atoms with Crippen molar-refractivity contribution in [3.05, 3.63) is 78.3 Å². The topological polar surface area (TPSA) is 67.6 Å². The highest BCUT2D eigenvalue weighted by molar-refractivity contribution is 7.80. The fourth-order valence-electron chi connectivity index (χ4n) is 3.54. The van der Waals surface area contributed by atoms with Gasteiger partial charge in [0.25, 0.3) is 0 Å². The molecule has 0 unspecified atom stereocenters. The van der Waals surface area contributed by atoms with Gasteiger partial charge in [-0.05, 0) is 36.5 Å². The van der Waals surface area contributed by atoms with Crippen molar-refractivity contribution in [2.45, 2.75) is 18.5 Å². The van der Waals surface area contributed by atoms with Crippen LogP contribution in [0.3, 0.4) is 0 Å². The van der Waals surface area contributed by atoms with Crippen molar-refractivity contribution in [1.82, 2.24) is 15.2 Å². The van der Waals surface area contributed by atoms with E-state index in [1.54, 1.807) is 6.20 Å². The van der Waals surface area contributed by atoms with E-state index in [-0.39, 0.29) is 24.5 Å². The third-order valence-corrected chi connectivity index (χ3v) is 5.31. The van der Waals surface area contributed by atoms with E-state index in [1.807, 2.05) is 65.6 Å². The highest BCUT2D eigenvalue weighted by atomic mass is 32.1. The van der Waals surface area contributed by atoms with Gasteiger partial charge in [0.2, 0.25) is 0 Å². The van der Waals surface area contributed by atoms with Gasteiger partial charge in [-0.15, -0.1) is 0 Å². The van der Waals surface area contributed by atoms with Crippen molar-refractivity contribution < 1.29 is 13.9 Å². The molecule has 1 aromatic carbocycles. The van der Waals surface area contributed by atoms with Crippen LogP contribution in [0.4, 0.5) is 0 Å². The van der Waals surface area contributed by atoms with Gasteiger partial charge in [0.05, 0.1) is 25.3 Å². The summed E-state index contributed by atoms with van der Waals surface area (Å²) in [5.74, 6) is 1.26. The van der Waals surface area contributed by atoms with Crippen molar-refractivity contribution in [1.29, 1.82) is 0 Å². The molecular formula is C22H21N3O3S. The van der Waals surface area contributed by atoms with Crippen molar-refractivity contribution in [2.24, 2.45) is 0 Å². The molecule has 0 amide bonds. The first kappa shape index (κ1) is 19.1. The Hall–Kier alpha value is -3.19. The minimum Gasteiger partial charge on any atom is -0.469 e. The lowest BCUT2D eigenvalue weighted by Gasteiger charge is -2.25. The zero-order valence-electron chi connectivity index (χ0n) is 15.9. The van der Waals surface area contributed by atoms with Crippen LogP contribution in [-0.2, 0) is 9.53 Å². The Morgan fingerprint density at radius 1 is 1.17 bits per heavy atom. The lowest BCUT2D eigenvalue weighted by Crippen LogP contribution is -2.31. The van der Waals surface area contributed by atoms with E-state index in [0.717, 1.165) is 22.8 Å². The number of hydrogen-bond acceptors (Lipinski definition) is 5. The zero-order chi connectivity index (χ0) is 20.2. The van der Waals surface area contributed by atoms with Gasteiger partial charge >= 0.3 is 5.97 Å². The normalized spacial score (nSPS) is 18.5. The number of nitrogens with zero attached hydrogens (tertiary/aromatic N) is 2. The Balaban J connectivity index is 1.68. The van der Waals surface area contributed by atoms with Gasteiger partial charge in [-0.3, -0.25) is 9.78 Å². The molecule has 2 atom stereocenters. The molecule has 0 saturated carbocycles.